The zero-order chi connectivity index (χ0) is 20.1. The van der Waals surface area contributed by atoms with Crippen molar-refractivity contribution in [1.29, 1.82) is 0 Å². The first-order valence-electron chi connectivity index (χ1n) is 8.77. The lowest BCUT2D eigenvalue weighted by atomic mass is 10.2. The SMILES string of the molecule is CCN1C(=O)CC(C(=O)Nc2ccccc2F)SC1=Nc1ccccc1OC. The van der Waals surface area contributed by atoms with Crippen LogP contribution in [0.2, 0.25) is 0 Å². The van der Waals surface area contributed by atoms with Gasteiger partial charge < -0.3 is 10.1 Å². The van der Waals surface area contributed by atoms with E-state index in [1.54, 1.807) is 31.4 Å². The molecular formula is C20H20FN3O3S. The normalized spacial score (nSPS) is 18.2. The monoisotopic (exact) mass is 401 g/mol. The molecule has 2 aromatic rings. The van der Waals surface area contributed by atoms with Crippen LogP contribution in [0, 0.1) is 5.82 Å². The minimum Gasteiger partial charge on any atom is -0.494 e. The Kier molecular flexibility index (Phi) is 6.30. The van der Waals surface area contributed by atoms with Gasteiger partial charge in [-0.25, -0.2) is 9.38 Å². The van der Waals surface area contributed by atoms with E-state index in [1.807, 2.05) is 19.1 Å². The molecule has 0 radical (unpaired) electrons. The Labute approximate surface area is 166 Å². The Bertz CT molecular complexity index is 919. The third-order valence-electron chi connectivity index (χ3n) is 4.18. The Hall–Kier alpha value is -2.87. The highest BCUT2D eigenvalue weighted by molar-refractivity contribution is 8.15. The predicted molar refractivity (Wildman–Crippen MR) is 109 cm³/mol. The molecule has 1 fully saturated rings. The van der Waals surface area contributed by atoms with Crippen molar-refractivity contribution in [3.05, 3.63) is 54.3 Å². The minimum absolute atomic E-state index is 0.0176. The number of halogens is 1. The van der Waals surface area contributed by atoms with Gasteiger partial charge in [0.15, 0.2) is 5.17 Å². The second-order valence-electron chi connectivity index (χ2n) is 5.98. The van der Waals surface area contributed by atoms with Crippen molar-refractivity contribution in [3.8, 4) is 5.75 Å². The summed E-state index contributed by atoms with van der Waals surface area (Å²) < 4.78 is 19.1. The molecule has 1 atom stereocenters. The van der Waals surface area contributed by atoms with Crippen molar-refractivity contribution >= 4 is 40.1 Å². The summed E-state index contributed by atoms with van der Waals surface area (Å²) in [6.45, 7) is 2.28. The van der Waals surface area contributed by atoms with E-state index >= 15 is 0 Å². The van der Waals surface area contributed by atoms with Gasteiger partial charge in [-0.05, 0) is 31.2 Å². The average Bonchev–Trinajstić information content (AvgIpc) is 2.70. The van der Waals surface area contributed by atoms with Gasteiger partial charge in [0, 0.05) is 13.0 Å². The summed E-state index contributed by atoms with van der Waals surface area (Å²) in [5.41, 5.74) is 0.649. The highest BCUT2D eigenvalue weighted by atomic mass is 32.2. The summed E-state index contributed by atoms with van der Waals surface area (Å²) >= 11 is 1.18. The van der Waals surface area contributed by atoms with Gasteiger partial charge in [0.1, 0.15) is 22.5 Å². The molecule has 3 rings (SSSR count). The molecule has 1 heterocycles. The zero-order valence-corrected chi connectivity index (χ0v) is 16.3. The summed E-state index contributed by atoms with van der Waals surface area (Å²) in [6.07, 6.45) is 0.0176. The number of anilines is 1. The van der Waals surface area contributed by atoms with E-state index in [9.17, 15) is 14.0 Å². The molecule has 2 aromatic carbocycles. The van der Waals surface area contributed by atoms with Crippen molar-refractivity contribution in [1.82, 2.24) is 4.90 Å². The lowest BCUT2D eigenvalue weighted by molar-refractivity contribution is -0.129. The minimum atomic E-state index is -0.705. The smallest absolute Gasteiger partial charge is 0.238 e. The van der Waals surface area contributed by atoms with Crippen molar-refractivity contribution < 1.29 is 18.7 Å². The number of ether oxygens (including phenoxy) is 1. The number of amidine groups is 1. The molecule has 2 amide bonds. The fourth-order valence-electron chi connectivity index (χ4n) is 2.75. The number of hydrogen-bond donors (Lipinski definition) is 1. The number of benzene rings is 2. The molecule has 0 saturated carbocycles. The van der Waals surface area contributed by atoms with Crippen LogP contribution in [0.15, 0.2) is 53.5 Å². The van der Waals surface area contributed by atoms with Gasteiger partial charge in [0.05, 0.1) is 12.8 Å². The molecule has 6 nitrogen and oxygen atoms in total. The van der Waals surface area contributed by atoms with Crippen molar-refractivity contribution in [2.45, 2.75) is 18.6 Å². The molecule has 0 bridgehead atoms. The summed E-state index contributed by atoms with van der Waals surface area (Å²) in [5.74, 6) is -0.603. The average molecular weight is 401 g/mol. The lowest BCUT2D eigenvalue weighted by Gasteiger charge is -2.31. The first-order chi connectivity index (χ1) is 13.5. The molecule has 1 unspecified atom stereocenters. The molecule has 0 aromatic heterocycles. The summed E-state index contributed by atoms with van der Waals surface area (Å²) in [6, 6.07) is 13.1. The number of nitrogens with one attached hydrogen (secondary N) is 1. The van der Waals surface area contributed by atoms with E-state index in [4.69, 9.17) is 4.74 Å². The second-order valence-corrected chi connectivity index (χ2v) is 7.15. The van der Waals surface area contributed by atoms with E-state index < -0.39 is 17.0 Å². The van der Waals surface area contributed by atoms with Gasteiger partial charge >= 0.3 is 0 Å². The van der Waals surface area contributed by atoms with Crippen LogP contribution in [0.4, 0.5) is 15.8 Å². The maximum atomic E-state index is 13.8. The third kappa shape index (κ3) is 4.33. The first kappa shape index (κ1) is 19.9. The highest BCUT2D eigenvalue weighted by Crippen LogP contribution is 2.33. The zero-order valence-electron chi connectivity index (χ0n) is 15.5. The summed E-state index contributed by atoms with van der Waals surface area (Å²) in [7, 11) is 1.54. The number of amides is 2. The number of carbonyl (C=O) groups is 2. The Morgan fingerprint density at radius 3 is 2.71 bits per heavy atom. The van der Waals surface area contributed by atoms with Crippen LogP contribution >= 0.6 is 11.8 Å². The number of aliphatic imine (C=N–C) groups is 1. The quantitative estimate of drug-likeness (QED) is 0.827. The van der Waals surface area contributed by atoms with Gasteiger partial charge in [0.2, 0.25) is 11.8 Å². The molecule has 146 valence electrons. The Morgan fingerprint density at radius 1 is 1.29 bits per heavy atom. The van der Waals surface area contributed by atoms with E-state index in [-0.39, 0.29) is 18.0 Å². The number of carbonyl (C=O) groups excluding carboxylic acids is 2. The van der Waals surface area contributed by atoms with E-state index in [0.717, 1.165) is 0 Å². The molecule has 8 heteroatoms. The van der Waals surface area contributed by atoms with Gasteiger partial charge in [-0.2, -0.15) is 0 Å². The standard InChI is InChI=1S/C20H20FN3O3S/c1-3-24-18(25)12-17(19(26)22-14-9-5-4-8-13(14)21)28-20(24)23-15-10-6-7-11-16(15)27-2/h4-11,17H,3,12H2,1-2H3,(H,22,26). The number of thioether (sulfide) groups is 1. The second kappa shape index (κ2) is 8.88. The molecule has 28 heavy (non-hydrogen) atoms. The molecule has 0 spiro atoms. The van der Waals surface area contributed by atoms with E-state index in [2.05, 4.69) is 10.3 Å². The van der Waals surface area contributed by atoms with Crippen LogP contribution in [-0.4, -0.2) is 40.8 Å². The van der Waals surface area contributed by atoms with Gasteiger partial charge in [-0.3, -0.25) is 14.5 Å². The molecule has 1 aliphatic heterocycles. The van der Waals surface area contributed by atoms with Crippen LogP contribution in [0.25, 0.3) is 0 Å². The van der Waals surface area contributed by atoms with Crippen molar-refractivity contribution in [2.24, 2.45) is 4.99 Å². The van der Waals surface area contributed by atoms with Gasteiger partial charge in [-0.15, -0.1) is 0 Å². The molecule has 1 N–H and O–H groups in total. The Balaban J connectivity index is 1.86. The number of hydrogen-bond acceptors (Lipinski definition) is 5. The van der Waals surface area contributed by atoms with Crippen LogP contribution in [0.3, 0.4) is 0 Å². The molecule has 0 aliphatic carbocycles. The fourth-order valence-corrected chi connectivity index (χ4v) is 3.91. The van der Waals surface area contributed by atoms with Crippen molar-refractivity contribution in [2.75, 3.05) is 19.0 Å². The number of rotatable bonds is 5. The van der Waals surface area contributed by atoms with Gasteiger partial charge in [0.25, 0.3) is 0 Å². The van der Waals surface area contributed by atoms with Gasteiger partial charge in [-0.1, -0.05) is 36.0 Å². The van der Waals surface area contributed by atoms with Crippen LogP contribution < -0.4 is 10.1 Å². The number of para-hydroxylation sites is 3. The number of nitrogens with zero attached hydrogens (tertiary/aromatic N) is 2. The third-order valence-corrected chi connectivity index (χ3v) is 5.37. The fraction of sp³-hybridized carbons (Fsp3) is 0.250. The van der Waals surface area contributed by atoms with E-state index in [1.165, 1.54) is 28.8 Å². The molecule has 1 aliphatic rings. The summed E-state index contributed by atoms with van der Waals surface area (Å²) in [4.78, 5) is 31.3. The lowest BCUT2D eigenvalue weighted by Crippen LogP contribution is -2.45. The van der Waals surface area contributed by atoms with Crippen LogP contribution in [0.1, 0.15) is 13.3 Å². The van der Waals surface area contributed by atoms with Crippen LogP contribution in [0.5, 0.6) is 5.75 Å². The predicted octanol–water partition coefficient (Wildman–Crippen LogP) is 3.81. The van der Waals surface area contributed by atoms with Crippen molar-refractivity contribution in [3.63, 3.8) is 0 Å². The maximum Gasteiger partial charge on any atom is 0.238 e. The first-order valence-corrected chi connectivity index (χ1v) is 9.65. The Morgan fingerprint density at radius 2 is 2.00 bits per heavy atom. The summed E-state index contributed by atoms with van der Waals surface area (Å²) in [5, 5.41) is 2.26. The molecular weight excluding hydrogens is 381 g/mol. The number of methoxy groups -OCH3 is 1. The topological polar surface area (TPSA) is 71.0 Å². The maximum absolute atomic E-state index is 13.8. The molecule has 1 saturated heterocycles. The highest BCUT2D eigenvalue weighted by Gasteiger charge is 2.35. The van der Waals surface area contributed by atoms with E-state index in [0.29, 0.717) is 23.1 Å². The largest absolute Gasteiger partial charge is 0.494 e. The van der Waals surface area contributed by atoms with Crippen LogP contribution in [-0.2, 0) is 9.59 Å².